The minimum Gasteiger partial charge on any atom is -0.366 e. The topological polar surface area (TPSA) is 79.8 Å². The predicted octanol–water partition coefficient (Wildman–Crippen LogP) is 2.01. The molecule has 2 heterocycles. The molecule has 2 N–H and O–H groups in total. The van der Waals surface area contributed by atoms with Crippen molar-refractivity contribution < 1.29 is 4.79 Å². The third-order valence-corrected chi connectivity index (χ3v) is 3.11. The van der Waals surface area contributed by atoms with E-state index in [1.54, 1.807) is 24.5 Å². The molecule has 110 valence electrons. The molecule has 1 atom stereocenters. The molecule has 0 aliphatic heterocycles. The van der Waals surface area contributed by atoms with Crippen LogP contribution in [0.1, 0.15) is 36.3 Å². The molecule has 0 aliphatic rings. The fourth-order valence-corrected chi connectivity index (χ4v) is 1.66. The van der Waals surface area contributed by atoms with E-state index in [4.69, 9.17) is 0 Å². The van der Waals surface area contributed by atoms with Gasteiger partial charge < -0.3 is 10.6 Å². The van der Waals surface area contributed by atoms with Crippen molar-refractivity contribution >= 4 is 11.7 Å². The van der Waals surface area contributed by atoms with Crippen LogP contribution in [0, 0.1) is 0 Å². The lowest BCUT2D eigenvalue weighted by Crippen LogP contribution is -2.24. The van der Waals surface area contributed by atoms with Crippen LogP contribution in [0.4, 0.5) is 5.82 Å². The normalized spacial score (nSPS) is 11.7. The van der Waals surface area contributed by atoms with E-state index in [2.05, 4.69) is 39.7 Å². The zero-order valence-electron chi connectivity index (χ0n) is 12.2. The molecule has 0 aliphatic carbocycles. The number of rotatable bonds is 6. The average molecular weight is 285 g/mol. The summed E-state index contributed by atoms with van der Waals surface area (Å²) in [7, 11) is 0. The van der Waals surface area contributed by atoms with Gasteiger partial charge in [0, 0.05) is 25.0 Å². The zero-order valence-corrected chi connectivity index (χ0v) is 12.2. The van der Waals surface area contributed by atoms with E-state index in [-0.39, 0.29) is 5.91 Å². The van der Waals surface area contributed by atoms with Crippen molar-refractivity contribution in [2.75, 3.05) is 5.32 Å². The van der Waals surface area contributed by atoms with Crippen molar-refractivity contribution in [3.8, 4) is 0 Å². The van der Waals surface area contributed by atoms with Crippen molar-refractivity contribution in [2.45, 2.75) is 32.9 Å². The van der Waals surface area contributed by atoms with Gasteiger partial charge in [0.05, 0.1) is 0 Å². The Morgan fingerprint density at radius 1 is 1.19 bits per heavy atom. The smallest absolute Gasteiger partial charge is 0.272 e. The van der Waals surface area contributed by atoms with E-state index in [1.807, 2.05) is 12.1 Å². The van der Waals surface area contributed by atoms with Crippen molar-refractivity contribution in [3.63, 3.8) is 0 Å². The van der Waals surface area contributed by atoms with Crippen molar-refractivity contribution in [1.82, 2.24) is 20.5 Å². The lowest BCUT2D eigenvalue weighted by Gasteiger charge is -2.11. The van der Waals surface area contributed by atoms with E-state index in [9.17, 15) is 4.79 Å². The SMILES string of the molecule is CCC(C)Nc1ccc(C(=O)NCc2ccncc2)nn1. The molecule has 0 spiro atoms. The van der Waals surface area contributed by atoms with Crippen LogP contribution in [0.25, 0.3) is 0 Å². The monoisotopic (exact) mass is 285 g/mol. The fourth-order valence-electron chi connectivity index (χ4n) is 1.66. The Hall–Kier alpha value is -2.50. The first-order valence-electron chi connectivity index (χ1n) is 6.96. The van der Waals surface area contributed by atoms with Gasteiger partial charge in [-0.05, 0) is 43.2 Å². The van der Waals surface area contributed by atoms with Gasteiger partial charge in [-0.3, -0.25) is 9.78 Å². The summed E-state index contributed by atoms with van der Waals surface area (Å²) in [5.41, 5.74) is 1.29. The van der Waals surface area contributed by atoms with Crippen LogP contribution in [-0.4, -0.2) is 27.1 Å². The number of carbonyl (C=O) groups excluding carboxylic acids is 1. The Morgan fingerprint density at radius 3 is 2.57 bits per heavy atom. The lowest BCUT2D eigenvalue weighted by molar-refractivity contribution is 0.0945. The molecule has 1 amide bonds. The summed E-state index contributed by atoms with van der Waals surface area (Å²) in [6.07, 6.45) is 4.38. The van der Waals surface area contributed by atoms with Crippen molar-refractivity contribution in [1.29, 1.82) is 0 Å². The van der Waals surface area contributed by atoms with Crippen LogP contribution in [0.5, 0.6) is 0 Å². The number of amides is 1. The highest BCUT2D eigenvalue weighted by molar-refractivity contribution is 5.92. The molecule has 0 saturated heterocycles. The number of hydrogen-bond donors (Lipinski definition) is 2. The molecule has 1 unspecified atom stereocenters. The van der Waals surface area contributed by atoms with Crippen molar-refractivity contribution in [3.05, 3.63) is 47.9 Å². The first-order valence-corrected chi connectivity index (χ1v) is 6.96. The molecule has 2 aromatic rings. The summed E-state index contributed by atoms with van der Waals surface area (Å²) in [4.78, 5) is 15.9. The maximum atomic E-state index is 12.0. The summed E-state index contributed by atoms with van der Waals surface area (Å²) in [6, 6.07) is 7.46. The van der Waals surface area contributed by atoms with Gasteiger partial charge in [0.2, 0.25) is 0 Å². The lowest BCUT2D eigenvalue weighted by atomic mass is 10.2. The number of anilines is 1. The zero-order chi connectivity index (χ0) is 15.1. The minimum atomic E-state index is -0.241. The minimum absolute atomic E-state index is 0.241. The van der Waals surface area contributed by atoms with Gasteiger partial charge >= 0.3 is 0 Å². The quantitative estimate of drug-likeness (QED) is 0.848. The molecule has 21 heavy (non-hydrogen) atoms. The van der Waals surface area contributed by atoms with E-state index in [1.165, 1.54) is 0 Å². The van der Waals surface area contributed by atoms with Crippen molar-refractivity contribution in [2.24, 2.45) is 0 Å². The van der Waals surface area contributed by atoms with Gasteiger partial charge in [-0.15, -0.1) is 10.2 Å². The first-order chi connectivity index (χ1) is 10.2. The first kappa shape index (κ1) is 14.9. The summed E-state index contributed by atoms with van der Waals surface area (Å²) in [5, 5.41) is 14.0. The highest BCUT2D eigenvalue weighted by Crippen LogP contribution is 2.06. The second-order valence-electron chi connectivity index (χ2n) is 4.80. The van der Waals surface area contributed by atoms with Gasteiger partial charge in [0.1, 0.15) is 5.82 Å². The number of carbonyl (C=O) groups is 1. The van der Waals surface area contributed by atoms with Gasteiger partial charge in [0.15, 0.2) is 5.69 Å². The average Bonchev–Trinajstić information content (AvgIpc) is 2.54. The third kappa shape index (κ3) is 4.52. The third-order valence-electron chi connectivity index (χ3n) is 3.11. The van der Waals surface area contributed by atoms with Gasteiger partial charge in [0.25, 0.3) is 5.91 Å². The molecule has 0 saturated carbocycles. The Bertz CT molecular complexity index is 570. The number of aromatic nitrogens is 3. The summed E-state index contributed by atoms with van der Waals surface area (Å²) >= 11 is 0. The molecule has 2 aromatic heterocycles. The van der Waals surface area contributed by atoms with Crippen LogP contribution in [-0.2, 0) is 6.54 Å². The summed E-state index contributed by atoms with van der Waals surface area (Å²) in [6.45, 7) is 4.60. The standard InChI is InChI=1S/C15H19N5O/c1-3-11(2)18-14-5-4-13(19-20-14)15(21)17-10-12-6-8-16-9-7-12/h4-9,11H,3,10H2,1-2H3,(H,17,21)(H,18,20). The Labute approximate surface area is 124 Å². The van der Waals surface area contributed by atoms with E-state index >= 15 is 0 Å². The van der Waals surface area contributed by atoms with Crippen LogP contribution in [0.2, 0.25) is 0 Å². The second kappa shape index (κ2) is 7.33. The van der Waals surface area contributed by atoms with Crippen LogP contribution < -0.4 is 10.6 Å². The highest BCUT2D eigenvalue weighted by atomic mass is 16.1. The number of hydrogen-bond acceptors (Lipinski definition) is 5. The summed E-state index contributed by atoms with van der Waals surface area (Å²) in [5.74, 6) is 0.435. The Morgan fingerprint density at radius 2 is 1.95 bits per heavy atom. The molecule has 0 aromatic carbocycles. The van der Waals surface area contributed by atoms with Crippen LogP contribution >= 0.6 is 0 Å². The molecule has 0 fully saturated rings. The molecular weight excluding hydrogens is 266 g/mol. The van der Waals surface area contributed by atoms with E-state index in [0.717, 1.165) is 12.0 Å². The predicted molar refractivity (Wildman–Crippen MR) is 80.8 cm³/mol. The van der Waals surface area contributed by atoms with Gasteiger partial charge in [-0.25, -0.2) is 0 Å². The number of nitrogens with zero attached hydrogens (tertiary/aromatic N) is 3. The fraction of sp³-hybridized carbons (Fsp3) is 0.333. The largest absolute Gasteiger partial charge is 0.366 e. The molecule has 6 heteroatoms. The number of pyridine rings is 1. The van der Waals surface area contributed by atoms with E-state index in [0.29, 0.717) is 24.1 Å². The molecule has 6 nitrogen and oxygen atoms in total. The van der Waals surface area contributed by atoms with Gasteiger partial charge in [-0.2, -0.15) is 0 Å². The molecular formula is C15H19N5O. The Kier molecular flexibility index (Phi) is 5.20. The molecule has 0 radical (unpaired) electrons. The maximum Gasteiger partial charge on any atom is 0.272 e. The highest BCUT2D eigenvalue weighted by Gasteiger charge is 2.08. The van der Waals surface area contributed by atoms with Crippen LogP contribution in [0.3, 0.4) is 0 Å². The number of nitrogens with one attached hydrogen (secondary N) is 2. The molecule has 0 bridgehead atoms. The van der Waals surface area contributed by atoms with E-state index < -0.39 is 0 Å². The second-order valence-corrected chi connectivity index (χ2v) is 4.80. The Balaban J connectivity index is 1.90. The maximum absolute atomic E-state index is 12.0. The summed E-state index contributed by atoms with van der Waals surface area (Å²) < 4.78 is 0. The van der Waals surface area contributed by atoms with Crippen LogP contribution in [0.15, 0.2) is 36.7 Å². The molecule has 2 rings (SSSR count). The van der Waals surface area contributed by atoms with Gasteiger partial charge in [-0.1, -0.05) is 6.92 Å².